The Balaban J connectivity index is 3.70. The summed E-state index contributed by atoms with van der Waals surface area (Å²) in [6.07, 6.45) is -0.869. The zero-order valence-electron chi connectivity index (χ0n) is 11.2. The van der Waals surface area contributed by atoms with Gasteiger partial charge in [0.05, 0.1) is 13.2 Å². The topological polar surface area (TPSA) is 44.8 Å². The second kappa shape index (κ2) is 6.91. The van der Waals surface area contributed by atoms with Gasteiger partial charge in [-0.25, -0.2) is 4.79 Å². The molecule has 1 atom stereocenters. The largest absolute Gasteiger partial charge is 0.508 e. The van der Waals surface area contributed by atoms with E-state index in [4.69, 9.17) is 13.9 Å². The average molecular weight is 248 g/mol. The highest BCUT2D eigenvalue weighted by atomic mass is 28.4. The van der Waals surface area contributed by atoms with Crippen LogP contribution in [0.1, 0.15) is 20.8 Å². The van der Waals surface area contributed by atoms with E-state index in [1.807, 2.05) is 13.8 Å². The van der Waals surface area contributed by atoms with Gasteiger partial charge in [-0.3, -0.25) is 0 Å². The van der Waals surface area contributed by atoms with Crippen LogP contribution in [0.5, 0.6) is 0 Å². The van der Waals surface area contributed by atoms with Crippen LogP contribution in [0.25, 0.3) is 0 Å². The van der Waals surface area contributed by atoms with Gasteiger partial charge in [0.1, 0.15) is 6.10 Å². The summed E-state index contributed by atoms with van der Waals surface area (Å²) in [6.45, 7) is 12.9. The van der Waals surface area contributed by atoms with Crippen molar-refractivity contribution in [1.82, 2.24) is 0 Å². The monoisotopic (exact) mass is 248 g/mol. The summed E-state index contributed by atoms with van der Waals surface area (Å²) in [7, 11) is -1.54. The Kier molecular flexibility index (Phi) is 6.67. The van der Waals surface area contributed by atoms with E-state index in [1.54, 1.807) is 6.92 Å². The zero-order valence-corrected chi connectivity index (χ0v) is 12.2. The molecule has 16 heavy (non-hydrogen) atoms. The molecule has 0 spiro atoms. The van der Waals surface area contributed by atoms with E-state index < -0.39 is 14.5 Å². The molecule has 0 N–H and O–H groups in total. The van der Waals surface area contributed by atoms with Gasteiger partial charge in [0.15, 0.2) is 8.32 Å². The van der Waals surface area contributed by atoms with Crippen molar-refractivity contribution in [2.24, 2.45) is 5.92 Å². The molecule has 0 bridgehead atoms. The fourth-order valence-electron chi connectivity index (χ4n) is 0.834. The van der Waals surface area contributed by atoms with Crippen LogP contribution in [0.4, 0.5) is 4.79 Å². The minimum atomic E-state index is -1.54. The normalized spacial score (nSPS) is 13.7. The Labute approximate surface area is 99.4 Å². The highest BCUT2D eigenvalue weighted by Gasteiger charge is 2.18. The molecule has 0 radical (unpaired) electrons. The molecule has 0 saturated carbocycles. The maximum Gasteiger partial charge on any atom is 0.508 e. The predicted molar refractivity (Wildman–Crippen MR) is 66.0 cm³/mol. The van der Waals surface area contributed by atoms with Gasteiger partial charge in [-0.15, -0.1) is 0 Å². The summed E-state index contributed by atoms with van der Waals surface area (Å²) in [6, 6.07) is 0. The van der Waals surface area contributed by atoms with Gasteiger partial charge in [-0.1, -0.05) is 13.8 Å². The summed E-state index contributed by atoms with van der Waals surface area (Å²) < 4.78 is 15.6. The minimum Gasteiger partial charge on any atom is -0.434 e. The zero-order chi connectivity index (χ0) is 12.8. The number of carbonyl (C=O) groups is 1. The molecule has 0 aromatic carbocycles. The Bertz CT molecular complexity index is 211. The fraction of sp³-hybridized carbons (Fsp3) is 0.909. The standard InChI is InChI=1S/C11H24O4Si/c1-9(2)7-13-11(12)15-10(3)8-14-16(4,5)6/h9-10H,7-8H2,1-6H3. The highest BCUT2D eigenvalue weighted by molar-refractivity contribution is 6.69. The van der Waals surface area contributed by atoms with Crippen LogP contribution < -0.4 is 0 Å². The Hall–Kier alpha value is -0.553. The van der Waals surface area contributed by atoms with Crippen molar-refractivity contribution < 1.29 is 18.7 Å². The molecule has 0 aromatic heterocycles. The molecule has 0 heterocycles. The average Bonchev–Trinajstić information content (AvgIpc) is 2.10. The van der Waals surface area contributed by atoms with Crippen molar-refractivity contribution in [1.29, 1.82) is 0 Å². The molecule has 96 valence electrons. The van der Waals surface area contributed by atoms with Crippen molar-refractivity contribution in [2.45, 2.75) is 46.5 Å². The number of hydrogen-bond donors (Lipinski definition) is 0. The van der Waals surface area contributed by atoms with Gasteiger partial charge >= 0.3 is 6.16 Å². The second-order valence-corrected chi connectivity index (χ2v) is 9.82. The maximum atomic E-state index is 11.2. The first-order valence-electron chi connectivity index (χ1n) is 5.68. The van der Waals surface area contributed by atoms with Crippen molar-refractivity contribution in [3.63, 3.8) is 0 Å². The summed E-state index contributed by atoms with van der Waals surface area (Å²) >= 11 is 0. The first-order valence-corrected chi connectivity index (χ1v) is 9.09. The molecule has 1 unspecified atom stereocenters. The fourth-order valence-corrected chi connectivity index (χ4v) is 1.57. The Morgan fingerprint density at radius 1 is 1.12 bits per heavy atom. The second-order valence-electron chi connectivity index (χ2n) is 5.31. The third-order valence-electron chi connectivity index (χ3n) is 1.58. The minimum absolute atomic E-state index is 0.258. The number of rotatable bonds is 6. The van der Waals surface area contributed by atoms with Crippen LogP contribution in [-0.4, -0.2) is 33.8 Å². The van der Waals surface area contributed by atoms with Crippen LogP contribution >= 0.6 is 0 Å². The molecular weight excluding hydrogens is 224 g/mol. The van der Waals surface area contributed by atoms with Crippen molar-refractivity contribution in [3.8, 4) is 0 Å². The summed E-state index contributed by atoms with van der Waals surface area (Å²) in [5.41, 5.74) is 0. The lowest BCUT2D eigenvalue weighted by molar-refractivity contribution is 0.00790. The molecule has 0 fully saturated rings. The van der Waals surface area contributed by atoms with Crippen LogP contribution in [0.15, 0.2) is 0 Å². The van der Waals surface area contributed by atoms with Crippen molar-refractivity contribution in [2.75, 3.05) is 13.2 Å². The molecule has 0 aliphatic rings. The number of carbonyl (C=O) groups excluding carboxylic acids is 1. The SMILES string of the molecule is CC(C)COC(=O)OC(C)CO[Si](C)(C)C. The molecular formula is C11H24O4Si. The molecule has 5 heteroatoms. The number of hydrogen-bond acceptors (Lipinski definition) is 4. The van der Waals surface area contributed by atoms with Crippen LogP contribution in [0.3, 0.4) is 0 Å². The quantitative estimate of drug-likeness (QED) is 0.535. The van der Waals surface area contributed by atoms with Gasteiger partial charge < -0.3 is 13.9 Å². The lowest BCUT2D eigenvalue weighted by atomic mass is 10.2. The third kappa shape index (κ3) is 9.98. The molecule has 0 aliphatic heterocycles. The van der Waals surface area contributed by atoms with Crippen LogP contribution in [-0.2, 0) is 13.9 Å². The van der Waals surface area contributed by atoms with Gasteiger partial charge in [-0.2, -0.15) is 0 Å². The molecule has 0 rings (SSSR count). The van der Waals surface area contributed by atoms with Crippen molar-refractivity contribution >= 4 is 14.5 Å². The molecule has 0 saturated heterocycles. The maximum absolute atomic E-state index is 11.2. The van der Waals surface area contributed by atoms with E-state index in [2.05, 4.69) is 19.6 Å². The first-order chi connectivity index (χ1) is 7.20. The highest BCUT2D eigenvalue weighted by Crippen LogP contribution is 2.05. The molecule has 0 aliphatic carbocycles. The summed E-state index contributed by atoms with van der Waals surface area (Å²) in [5.74, 6) is 0.320. The predicted octanol–water partition coefficient (Wildman–Crippen LogP) is 3.04. The Morgan fingerprint density at radius 3 is 2.12 bits per heavy atom. The van der Waals surface area contributed by atoms with Crippen LogP contribution in [0.2, 0.25) is 19.6 Å². The number of ether oxygens (including phenoxy) is 2. The van der Waals surface area contributed by atoms with Crippen LogP contribution in [0, 0.1) is 5.92 Å². The molecule has 4 nitrogen and oxygen atoms in total. The summed E-state index contributed by atoms with van der Waals surface area (Å²) in [5, 5.41) is 0. The molecule has 0 amide bonds. The van der Waals surface area contributed by atoms with Gasteiger partial charge in [0.2, 0.25) is 0 Å². The lowest BCUT2D eigenvalue weighted by Gasteiger charge is -2.20. The van der Waals surface area contributed by atoms with Crippen molar-refractivity contribution in [3.05, 3.63) is 0 Å². The lowest BCUT2D eigenvalue weighted by Crippen LogP contribution is -2.31. The van der Waals surface area contributed by atoms with Gasteiger partial charge in [-0.05, 0) is 32.5 Å². The smallest absolute Gasteiger partial charge is 0.434 e. The first kappa shape index (κ1) is 15.4. The van der Waals surface area contributed by atoms with Gasteiger partial charge in [0.25, 0.3) is 0 Å². The van der Waals surface area contributed by atoms with E-state index in [0.717, 1.165) is 0 Å². The third-order valence-corrected chi connectivity index (χ3v) is 2.62. The van der Waals surface area contributed by atoms with E-state index in [0.29, 0.717) is 19.1 Å². The van der Waals surface area contributed by atoms with E-state index in [1.165, 1.54) is 0 Å². The molecule has 0 aromatic rings. The van der Waals surface area contributed by atoms with E-state index in [-0.39, 0.29) is 6.10 Å². The Morgan fingerprint density at radius 2 is 1.69 bits per heavy atom. The van der Waals surface area contributed by atoms with E-state index >= 15 is 0 Å². The summed E-state index contributed by atoms with van der Waals surface area (Å²) in [4.78, 5) is 11.2. The van der Waals surface area contributed by atoms with Gasteiger partial charge in [0, 0.05) is 0 Å². The van der Waals surface area contributed by atoms with E-state index in [9.17, 15) is 4.79 Å².